The predicted octanol–water partition coefficient (Wildman–Crippen LogP) is 3.41. The molecule has 2 N–H and O–H groups in total. The molecule has 7 heteroatoms. The van der Waals surface area contributed by atoms with Crippen LogP contribution in [0.15, 0.2) is 53.4 Å². The minimum absolute atomic E-state index is 0.130. The molecule has 2 bridgehead atoms. The van der Waals surface area contributed by atoms with Crippen LogP contribution >= 0.6 is 0 Å². The Bertz CT molecular complexity index is 972. The number of amides is 1. The van der Waals surface area contributed by atoms with Crippen molar-refractivity contribution >= 4 is 21.6 Å². The molecule has 2 fully saturated rings. The normalized spacial score (nSPS) is 23.4. The molecule has 1 amide bonds. The standard InChI is InChI=1S/C21H24N2O4S/c1-27-18-7-9-19(10-8-18)28(25,26)23-17-4-2-3-16(13-17)21(24)22-20-12-14-5-6-15(20)11-14/h2-4,7-10,13-15,20,23H,5-6,11-12H2,1H3,(H,22,24)/t14-,15-,20-/m1/s1. The van der Waals surface area contributed by atoms with Crippen LogP contribution in [0.5, 0.6) is 5.75 Å². The number of hydrogen-bond acceptors (Lipinski definition) is 4. The molecule has 0 spiro atoms. The van der Waals surface area contributed by atoms with E-state index in [9.17, 15) is 13.2 Å². The topological polar surface area (TPSA) is 84.5 Å². The molecule has 2 aromatic carbocycles. The fourth-order valence-corrected chi connectivity index (χ4v) is 5.42. The number of anilines is 1. The smallest absolute Gasteiger partial charge is 0.261 e. The molecule has 2 aromatic rings. The van der Waals surface area contributed by atoms with Gasteiger partial charge < -0.3 is 10.1 Å². The highest BCUT2D eigenvalue weighted by Gasteiger charge is 2.40. The van der Waals surface area contributed by atoms with Gasteiger partial charge in [-0.3, -0.25) is 9.52 Å². The summed E-state index contributed by atoms with van der Waals surface area (Å²) in [6.07, 6.45) is 4.74. The maximum atomic E-state index is 12.6. The highest BCUT2D eigenvalue weighted by atomic mass is 32.2. The van der Waals surface area contributed by atoms with Crippen molar-refractivity contribution in [2.45, 2.75) is 36.6 Å². The Morgan fingerprint density at radius 1 is 1.07 bits per heavy atom. The van der Waals surface area contributed by atoms with Crippen LogP contribution in [-0.2, 0) is 10.0 Å². The van der Waals surface area contributed by atoms with Crippen molar-refractivity contribution in [3.8, 4) is 5.75 Å². The van der Waals surface area contributed by atoms with E-state index in [1.165, 1.54) is 38.5 Å². The van der Waals surface area contributed by atoms with Gasteiger partial charge in [0.05, 0.1) is 12.0 Å². The third kappa shape index (κ3) is 3.85. The fraction of sp³-hybridized carbons (Fsp3) is 0.381. The van der Waals surface area contributed by atoms with E-state index < -0.39 is 10.0 Å². The number of sulfonamides is 1. The summed E-state index contributed by atoms with van der Waals surface area (Å²) < 4.78 is 32.8. The van der Waals surface area contributed by atoms with Gasteiger partial charge in [0.25, 0.3) is 15.9 Å². The summed E-state index contributed by atoms with van der Waals surface area (Å²) in [5.74, 6) is 1.77. The zero-order chi connectivity index (χ0) is 19.7. The highest BCUT2D eigenvalue weighted by Crippen LogP contribution is 2.44. The quantitative estimate of drug-likeness (QED) is 0.778. The molecule has 0 heterocycles. The maximum Gasteiger partial charge on any atom is 0.261 e. The van der Waals surface area contributed by atoms with Gasteiger partial charge in [0.2, 0.25) is 0 Å². The van der Waals surface area contributed by atoms with Crippen LogP contribution in [0.3, 0.4) is 0 Å². The van der Waals surface area contributed by atoms with Gasteiger partial charge in [-0.25, -0.2) is 8.42 Å². The summed E-state index contributed by atoms with van der Waals surface area (Å²) in [5, 5.41) is 3.13. The van der Waals surface area contributed by atoms with E-state index in [2.05, 4.69) is 10.0 Å². The van der Waals surface area contributed by atoms with E-state index in [1.54, 1.807) is 36.4 Å². The summed E-state index contributed by atoms with van der Waals surface area (Å²) in [6.45, 7) is 0. The lowest BCUT2D eigenvalue weighted by molar-refractivity contribution is 0.0923. The van der Waals surface area contributed by atoms with Crippen LogP contribution in [0.25, 0.3) is 0 Å². The second-order valence-corrected chi connectivity index (χ2v) is 9.30. The van der Waals surface area contributed by atoms with E-state index in [0.717, 1.165) is 12.3 Å². The van der Waals surface area contributed by atoms with Crippen LogP contribution in [0.2, 0.25) is 0 Å². The lowest BCUT2D eigenvalue weighted by atomic mass is 9.95. The molecular formula is C21H24N2O4S. The first-order chi connectivity index (χ1) is 13.4. The Morgan fingerprint density at radius 2 is 1.86 bits per heavy atom. The lowest BCUT2D eigenvalue weighted by Gasteiger charge is -2.23. The molecule has 148 valence electrons. The first kappa shape index (κ1) is 18.8. The van der Waals surface area contributed by atoms with Gasteiger partial charge in [-0.1, -0.05) is 12.5 Å². The number of carbonyl (C=O) groups excluding carboxylic acids is 1. The zero-order valence-corrected chi connectivity index (χ0v) is 16.5. The van der Waals surface area contributed by atoms with E-state index in [0.29, 0.717) is 22.9 Å². The number of fused-ring (bicyclic) bond motifs is 2. The Labute approximate surface area is 165 Å². The van der Waals surface area contributed by atoms with Crippen molar-refractivity contribution in [2.24, 2.45) is 11.8 Å². The first-order valence-corrected chi connectivity index (χ1v) is 11.0. The van der Waals surface area contributed by atoms with Crippen molar-refractivity contribution in [1.29, 1.82) is 0 Å². The summed E-state index contributed by atoms with van der Waals surface area (Å²) >= 11 is 0. The van der Waals surface area contributed by atoms with Crippen LogP contribution in [0.1, 0.15) is 36.0 Å². The van der Waals surface area contributed by atoms with Crippen molar-refractivity contribution in [1.82, 2.24) is 5.32 Å². The van der Waals surface area contributed by atoms with Gasteiger partial charge >= 0.3 is 0 Å². The lowest BCUT2D eigenvalue weighted by Crippen LogP contribution is -2.38. The average molecular weight is 401 g/mol. The Kier molecular flexibility index (Phi) is 5.02. The van der Waals surface area contributed by atoms with Crippen LogP contribution in [0, 0.1) is 11.8 Å². The van der Waals surface area contributed by atoms with Gasteiger partial charge in [0.15, 0.2) is 0 Å². The van der Waals surface area contributed by atoms with Crippen LogP contribution in [0.4, 0.5) is 5.69 Å². The minimum Gasteiger partial charge on any atom is -0.497 e. The number of hydrogen-bond donors (Lipinski definition) is 2. The molecule has 0 aliphatic heterocycles. The first-order valence-electron chi connectivity index (χ1n) is 9.52. The summed E-state index contributed by atoms with van der Waals surface area (Å²) in [4.78, 5) is 12.8. The van der Waals surface area contributed by atoms with Gasteiger partial charge in [0, 0.05) is 17.3 Å². The zero-order valence-electron chi connectivity index (χ0n) is 15.7. The molecule has 4 rings (SSSR count). The molecule has 2 saturated carbocycles. The van der Waals surface area contributed by atoms with E-state index in [4.69, 9.17) is 4.74 Å². The number of nitrogens with one attached hydrogen (secondary N) is 2. The molecule has 0 saturated heterocycles. The monoisotopic (exact) mass is 400 g/mol. The van der Waals surface area contributed by atoms with Crippen molar-refractivity contribution in [2.75, 3.05) is 11.8 Å². The minimum atomic E-state index is -3.75. The average Bonchev–Trinajstić information content (AvgIpc) is 3.31. The number of benzene rings is 2. The Hall–Kier alpha value is -2.54. The summed E-state index contributed by atoms with van der Waals surface area (Å²) in [7, 11) is -2.22. The largest absolute Gasteiger partial charge is 0.497 e. The fourth-order valence-electron chi connectivity index (χ4n) is 4.37. The molecule has 2 aliphatic rings. The van der Waals surface area contributed by atoms with E-state index in [1.807, 2.05) is 0 Å². The molecule has 3 atom stereocenters. The highest BCUT2D eigenvalue weighted by molar-refractivity contribution is 7.92. The van der Waals surface area contributed by atoms with Gasteiger partial charge in [-0.05, 0) is 73.6 Å². The third-order valence-electron chi connectivity index (χ3n) is 5.80. The second-order valence-electron chi connectivity index (χ2n) is 7.62. The van der Waals surface area contributed by atoms with Crippen molar-refractivity contribution in [3.63, 3.8) is 0 Å². The Morgan fingerprint density at radius 3 is 2.50 bits per heavy atom. The SMILES string of the molecule is COc1ccc(S(=O)(=O)Nc2cccc(C(=O)N[C@@H]3C[C@@H]4CC[C@@H]3C4)c2)cc1. The van der Waals surface area contributed by atoms with Gasteiger partial charge in [-0.15, -0.1) is 0 Å². The number of methoxy groups -OCH3 is 1. The molecular weight excluding hydrogens is 376 g/mol. The van der Waals surface area contributed by atoms with Gasteiger partial charge in [0.1, 0.15) is 5.75 Å². The summed E-state index contributed by atoms with van der Waals surface area (Å²) in [6, 6.07) is 13.0. The molecule has 0 radical (unpaired) electrons. The van der Waals surface area contributed by atoms with Crippen LogP contribution < -0.4 is 14.8 Å². The van der Waals surface area contributed by atoms with Crippen LogP contribution in [-0.4, -0.2) is 27.5 Å². The van der Waals surface area contributed by atoms with E-state index in [-0.39, 0.29) is 16.8 Å². The third-order valence-corrected chi connectivity index (χ3v) is 7.20. The molecule has 2 aliphatic carbocycles. The number of carbonyl (C=O) groups is 1. The Balaban J connectivity index is 1.46. The molecule has 0 unspecified atom stereocenters. The van der Waals surface area contributed by atoms with Crippen molar-refractivity contribution < 1.29 is 17.9 Å². The number of rotatable bonds is 6. The molecule has 6 nitrogen and oxygen atoms in total. The van der Waals surface area contributed by atoms with Gasteiger partial charge in [-0.2, -0.15) is 0 Å². The predicted molar refractivity (Wildman–Crippen MR) is 107 cm³/mol. The molecule has 28 heavy (non-hydrogen) atoms. The van der Waals surface area contributed by atoms with Crippen molar-refractivity contribution in [3.05, 3.63) is 54.1 Å². The summed E-state index contributed by atoms with van der Waals surface area (Å²) in [5.41, 5.74) is 0.814. The second kappa shape index (κ2) is 7.47. The number of ether oxygens (including phenoxy) is 1. The molecule has 0 aromatic heterocycles. The van der Waals surface area contributed by atoms with E-state index >= 15 is 0 Å². The maximum absolute atomic E-state index is 12.6.